The van der Waals surface area contributed by atoms with Crippen LogP contribution in [0.5, 0.6) is 0 Å². The van der Waals surface area contributed by atoms with Crippen LogP contribution in [-0.4, -0.2) is 26.0 Å². The van der Waals surface area contributed by atoms with E-state index in [4.69, 9.17) is 0 Å². The van der Waals surface area contributed by atoms with Gasteiger partial charge in [0.1, 0.15) is 0 Å². The summed E-state index contributed by atoms with van der Waals surface area (Å²) in [5.41, 5.74) is 0. The molecule has 0 aromatic rings. The Labute approximate surface area is 62.2 Å². The highest BCUT2D eigenvalue weighted by molar-refractivity contribution is 5.75. The van der Waals surface area contributed by atoms with Crippen LogP contribution in [0.4, 0.5) is 0 Å². The molecule has 0 spiro atoms. The van der Waals surface area contributed by atoms with Crippen LogP contribution in [-0.2, 0) is 4.79 Å². The Hall–Kier alpha value is -0.570. The van der Waals surface area contributed by atoms with E-state index in [1.54, 1.807) is 0 Å². The van der Waals surface area contributed by atoms with Crippen molar-refractivity contribution in [3.8, 4) is 0 Å². The second-order valence-electron chi connectivity index (χ2n) is 2.20. The highest BCUT2D eigenvalue weighted by Gasteiger charge is 1.95. The Kier molecular flexibility index (Phi) is 6.18. The lowest BCUT2D eigenvalue weighted by Crippen LogP contribution is -2.26. The van der Waals surface area contributed by atoms with Crippen LogP contribution < -0.4 is 10.6 Å². The van der Waals surface area contributed by atoms with Crippen LogP contribution in [0.3, 0.4) is 0 Å². The van der Waals surface area contributed by atoms with Gasteiger partial charge in [0.25, 0.3) is 0 Å². The van der Waals surface area contributed by atoms with Crippen molar-refractivity contribution in [2.24, 2.45) is 0 Å². The van der Waals surface area contributed by atoms with Crippen molar-refractivity contribution in [2.45, 2.75) is 19.8 Å². The van der Waals surface area contributed by atoms with Gasteiger partial charge in [-0.1, -0.05) is 6.92 Å². The van der Waals surface area contributed by atoms with Crippen LogP contribution in [0, 0.1) is 0 Å². The molecule has 10 heavy (non-hydrogen) atoms. The predicted octanol–water partition coefficient (Wildman–Crippen LogP) is 0.122. The Morgan fingerprint density at radius 1 is 1.40 bits per heavy atom. The number of hydrogen-bond acceptors (Lipinski definition) is 2. The molecule has 3 nitrogen and oxygen atoms in total. The molecule has 0 saturated carbocycles. The molecule has 1 amide bonds. The van der Waals surface area contributed by atoms with Crippen molar-refractivity contribution in [3.05, 3.63) is 0 Å². The van der Waals surface area contributed by atoms with Crippen molar-refractivity contribution in [2.75, 3.05) is 20.1 Å². The van der Waals surface area contributed by atoms with E-state index in [1.165, 1.54) is 0 Å². The zero-order valence-corrected chi connectivity index (χ0v) is 6.74. The van der Waals surface area contributed by atoms with E-state index in [0.29, 0.717) is 6.42 Å². The summed E-state index contributed by atoms with van der Waals surface area (Å²) in [6.07, 6.45) is 1.59. The first-order chi connectivity index (χ1) is 4.81. The summed E-state index contributed by atoms with van der Waals surface area (Å²) >= 11 is 0. The molecule has 0 atom stereocenters. The quantitative estimate of drug-likeness (QED) is 0.575. The molecule has 0 aromatic heterocycles. The topological polar surface area (TPSA) is 41.1 Å². The van der Waals surface area contributed by atoms with E-state index in [-0.39, 0.29) is 5.91 Å². The molecular formula is C7H16N2O. The Bertz CT molecular complexity index is 83.6. The maximum atomic E-state index is 10.8. The number of hydrogen-bond donors (Lipinski definition) is 2. The minimum atomic E-state index is 0.135. The molecule has 0 unspecified atom stereocenters. The van der Waals surface area contributed by atoms with E-state index < -0.39 is 0 Å². The Balaban J connectivity index is 3.09. The van der Waals surface area contributed by atoms with Gasteiger partial charge < -0.3 is 10.6 Å². The summed E-state index contributed by atoms with van der Waals surface area (Å²) in [6, 6.07) is 0. The van der Waals surface area contributed by atoms with Crippen LogP contribution in [0.1, 0.15) is 19.8 Å². The third-order valence-corrected chi connectivity index (χ3v) is 1.17. The molecule has 0 aliphatic heterocycles. The second kappa shape index (κ2) is 6.55. The number of rotatable bonds is 5. The van der Waals surface area contributed by atoms with E-state index in [0.717, 1.165) is 19.5 Å². The van der Waals surface area contributed by atoms with E-state index in [9.17, 15) is 4.79 Å². The molecule has 0 rings (SSSR count). The average Bonchev–Trinajstić information content (AvgIpc) is 1.97. The van der Waals surface area contributed by atoms with Gasteiger partial charge in [0.2, 0.25) is 5.91 Å². The van der Waals surface area contributed by atoms with Gasteiger partial charge in [0, 0.05) is 19.5 Å². The zero-order valence-electron chi connectivity index (χ0n) is 6.74. The number of carbonyl (C=O) groups excluding carboxylic acids is 1. The normalized spacial score (nSPS) is 9.40. The van der Waals surface area contributed by atoms with E-state index in [2.05, 4.69) is 10.6 Å². The van der Waals surface area contributed by atoms with Crippen LogP contribution in [0.25, 0.3) is 0 Å². The third-order valence-electron chi connectivity index (χ3n) is 1.17. The highest BCUT2D eigenvalue weighted by atomic mass is 16.1. The molecule has 2 N–H and O–H groups in total. The second-order valence-corrected chi connectivity index (χ2v) is 2.20. The standard InChI is InChI=1S/C7H16N2O/c1-3-5-9-7(10)4-6-8-2/h8H,3-6H2,1-2H3,(H,9,10). The molecule has 0 heterocycles. The van der Waals surface area contributed by atoms with Gasteiger partial charge in [-0.3, -0.25) is 4.79 Å². The maximum Gasteiger partial charge on any atom is 0.221 e. The number of amides is 1. The van der Waals surface area contributed by atoms with E-state index in [1.807, 2.05) is 14.0 Å². The van der Waals surface area contributed by atoms with Gasteiger partial charge in [-0.05, 0) is 13.5 Å². The highest BCUT2D eigenvalue weighted by Crippen LogP contribution is 1.77. The molecule has 0 aromatic carbocycles. The van der Waals surface area contributed by atoms with E-state index >= 15 is 0 Å². The summed E-state index contributed by atoms with van der Waals surface area (Å²) in [6.45, 7) is 3.59. The van der Waals surface area contributed by atoms with Crippen molar-refractivity contribution in [3.63, 3.8) is 0 Å². The Morgan fingerprint density at radius 3 is 2.60 bits per heavy atom. The molecule has 60 valence electrons. The predicted molar refractivity (Wildman–Crippen MR) is 41.8 cm³/mol. The third kappa shape index (κ3) is 5.56. The summed E-state index contributed by atoms with van der Waals surface area (Å²) in [5.74, 6) is 0.135. The number of nitrogens with one attached hydrogen (secondary N) is 2. The molecule has 0 radical (unpaired) electrons. The van der Waals surface area contributed by atoms with Crippen LogP contribution >= 0.6 is 0 Å². The van der Waals surface area contributed by atoms with Crippen molar-refractivity contribution in [1.82, 2.24) is 10.6 Å². The number of carbonyl (C=O) groups is 1. The lowest BCUT2D eigenvalue weighted by Gasteiger charge is -2.01. The summed E-state index contributed by atoms with van der Waals surface area (Å²) in [4.78, 5) is 10.8. The van der Waals surface area contributed by atoms with Gasteiger partial charge in [0.15, 0.2) is 0 Å². The first-order valence-corrected chi connectivity index (χ1v) is 3.72. The average molecular weight is 144 g/mol. The fraction of sp³-hybridized carbons (Fsp3) is 0.857. The van der Waals surface area contributed by atoms with Crippen molar-refractivity contribution < 1.29 is 4.79 Å². The summed E-state index contributed by atoms with van der Waals surface area (Å²) in [5, 5.41) is 5.70. The first kappa shape index (κ1) is 9.43. The SMILES string of the molecule is CCCNC(=O)CCNC. The van der Waals surface area contributed by atoms with Crippen LogP contribution in [0.2, 0.25) is 0 Å². The molecule has 0 aliphatic carbocycles. The molecule has 0 bridgehead atoms. The van der Waals surface area contributed by atoms with Gasteiger partial charge in [0.05, 0.1) is 0 Å². The first-order valence-electron chi connectivity index (χ1n) is 3.72. The molecule has 0 saturated heterocycles. The monoisotopic (exact) mass is 144 g/mol. The lowest BCUT2D eigenvalue weighted by atomic mass is 10.4. The summed E-state index contributed by atoms with van der Waals surface area (Å²) in [7, 11) is 1.84. The van der Waals surface area contributed by atoms with Crippen molar-refractivity contribution >= 4 is 5.91 Å². The molecule has 3 heteroatoms. The minimum absolute atomic E-state index is 0.135. The zero-order chi connectivity index (χ0) is 7.82. The minimum Gasteiger partial charge on any atom is -0.356 e. The smallest absolute Gasteiger partial charge is 0.221 e. The van der Waals surface area contributed by atoms with Gasteiger partial charge in [-0.25, -0.2) is 0 Å². The summed E-state index contributed by atoms with van der Waals surface area (Å²) < 4.78 is 0. The van der Waals surface area contributed by atoms with Crippen molar-refractivity contribution in [1.29, 1.82) is 0 Å². The Morgan fingerprint density at radius 2 is 2.10 bits per heavy atom. The molecular weight excluding hydrogens is 128 g/mol. The lowest BCUT2D eigenvalue weighted by molar-refractivity contribution is -0.120. The largest absolute Gasteiger partial charge is 0.356 e. The fourth-order valence-corrected chi connectivity index (χ4v) is 0.591. The van der Waals surface area contributed by atoms with Gasteiger partial charge in [-0.2, -0.15) is 0 Å². The fourth-order valence-electron chi connectivity index (χ4n) is 0.591. The molecule has 0 aliphatic rings. The van der Waals surface area contributed by atoms with Gasteiger partial charge in [-0.15, -0.1) is 0 Å². The molecule has 0 fully saturated rings. The maximum absolute atomic E-state index is 10.8. The van der Waals surface area contributed by atoms with Crippen LogP contribution in [0.15, 0.2) is 0 Å². The van der Waals surface area contributed by atoms with Gasteiger partial charge >= 0.3 is 0 Å².